The maximum absolute atomic E-state index is 4.37. The smallest absolute Gasteiger partial charge is 0.00313 e. The van der Waals surface area contributed by atoms with Gasteiger partial charge in [0.15, 0.2) is 0 Å². The third-order valence-electron chi connectivity index (χ3n) is 4.77. The van der Waals surface area contributed by atoms with Crippen LogP contribution in [0.15, 0.2) is 133 Å². The van der Waals surface area contributed by atoms with Crippen LogP contribution in [0.3, 0.4) is 0 Å². The molecule has 0 fully saturated rings. The highest BCUT2D eigenvalue weighted by Gasteiger charge is 2.18. The molecule has 0 amide bonds. The van der Waals surface area contributed by atoms with Gasteiger partial charge in [-0.1, -0.05) is 92.6 Å². The van der Waals surface area contributed by atoms with Gasteiger partial charge in [0.2, 0.25) is 0 Å². The van der Waals surface area contributed by atoms with Crippen molar-refractivity contribution in [2.24, 2.45) is 0 Å². The SMILES string of the molecule is C=CC.C=CC(/C=C/C(=C)/C(C(=C)C)=C(/C1=CCCC=C1C)c1ccccc1)=C\C. The summed E-state index contributed by atoms with van der Waals surface area (Å²) in [5, 5.41) is 0. The molecule has 0 nitrogen and oxygen atoms in total. The maximum atomic E-state index is 4.37. The van der Waals surface area contributed by atoms with Gasteiger partial charge in [-0.25, -0.2) is 0 Å². The molecule has 0 heteroatoms. The summed E-state index contributed by atoms with van der Waals surface area (Å²) in [4.78, 5) is 0. The zero-order chi connectivity index (χ0) is 22.5. The molecule has 0 saturated heterocycles. The van der Waals surface area contributed by atoms with E-state index in [0.29, 0.717) is 0 Å². The highest BCUT2D eigenvalue weighted by atomic mass is 14.2. The highest BCUT2D eigenvalue weighted by molar-refractivity contribution is 5.90. The van der Waals surface area contributed by atoms with Gasteiger partial charge in [-0.15, -0.1) is 6.58 Å². The number of hydrogen-bond donors (Lipinski definition) is 0. The summed E-state index contributed by atoms with van der Waals surface area (Å²) in [6.07, 6.45) is 16.6. The molecule has 156 valence electrons. The van der Waals surface area contributed by atoms with Crippen LogP contribution in [0.1, 0.15) is 46.1 Å². The number of allylic oxidation sites excluding steroid dienone is 14. The van der Waals surface area contributed by atoms with E-state index in [1.165, 1.54) is 22.3 Å². The fraction of sp³-hybridized carbons (Fsp3) is 0.200. The molecule has 2 rings (SSSR count). The van der Waals surface area contributed by atoms with Crippen LogP contribution in [-0.4, -0.2) is 0 Å². The maximum Gasteiger partial charge on any atom is -0.00313 e. The topological polar surface area (TPSA) is 0 Å². The quantitative estimate of drug-likeness (QED) is 0.318. The van der Waals surface area contributed by atoms with Gasteiger partial charge in [0, 0.05) is 0 Å². The van der Waals surface area contributed by atoms with E-state index in [4.69, 9.17) is 0 Å². The summed E-state index contributed by atoms with van der Waals surface area (Å²) < 4.78 is 0. The monoisotopic (exact) mass is 396 g/mol. The Labute approximate surface area is 184 Å². The first-order valence-electron chi connectivity index (χ1n) is 10.5. The van der Waals surface area contributed by atoms with E-state index in [9.17, 15) is 0 Å². The second kappa shape index (κ2) is 13.2. The standard InChI is InChI=1S/C27H30.C3H6/c1-7-23(8-2)19-18-22(6)26(20(3)4)27(24-15-10-9-11-16-24)25-17-13-12-14-21(25)5;1-3-2/h7-11,14-19H,1,3,6,12-13H2,2,4-5H3;3H,1H2,2H3/b19-18+,23-8+,27-26+;. The van der Waals surface area contributed by atoms with Crippen LogP contribution in [0.5, 0.6) is 0 Å². The Balaban J connectivity index is 0.00000141. The molecule has 0 unspecified atom stereocenters. The van der Waals surface area contributed by atoms with E-state index in [1.54, 1.807) is 6.08 Å². The summed E-state index contributed by atoms with van der Waals surface area (Å²) in [5.74, 6) is 0. The summed E-state index contributed by atoms with van der Waals surface area (Å²) in [6, 6.07) is 10.6. The molecule has 1 aliphatic rings. The lowest BCUT2D eigenvalue weighted by Crippen LogP contribution is -2.02. The van der Waals surface area contributed by atoms with Gasteiger partial charge in [-0.2, -0.15) is 0 Å². The van der Waals surface area contributed by atoms with Crippen molar-refractivity contribution >= 4 is 5.57 Å². The van der Waals surface area contributed by atoms with E-state index in [1.807, 2.05) is 26.0 Å². The second-order valence-corrected chi connectivity index (χ2v) is 7.24. The van der Waals surface area contributed by atoms with E-state index in [0.717, 1.165) is 35.1 Å². The minimum Gasteiger partial charge on any atom is -0.103 e. The van der Waals surface area contributed by atoms with Crippen molar-refractivity contribution in [3.05, 3.63) is 138 Å². The predicted molar refractivity (Wildman–Crippen MR) is 137 cm³/mol. The normalized spacial score (nSPS) is 14.6. The van der Waals surface area contributed by atoms with Crippen molar-refractivity contribution in [3.63, 3.8) is 0 Å². The molecule has 0 saturated carbocycles. The Bertz CT molecular complexity index is 922. The van der Waals surface area contributed by atoms with E-state index >= 15 is 0 Å². The van der Waals surface area contributed by atoms with Gasteiger partial charge < -0.3 is 0 Å². The first-order valence-corrected chi connectivity index (χ1v) is 10.5. The minimum absolute atomic E-state index is 0.960. The molecule has 30 heavy (non-hydrogen) atoms. The van der Waals surface area contributed by atoms with Gasteiger partial charge in [0.25, 0.3) is 0 Å². The van der Waals surface area contributed by atoms with Crippen molar-refractivity contribution < 1.29 is 0 Å². The summed E-state index contributed by atoms with van der Waals surface area (Å²) in [7, 11) is 0. The molecular formula is C30H36. The van der Waals surface area contributed by atoms with Crippen molar-refractivity contribution in [2.75, 3.05) is 0 Å². The largest absolute Gasteiger partial charge is 0.103 e. The lowest BCUT2D eigenvalue weighted by molar-refractivity contribution is 1.00. The van der Waals surface area contributed by atoms with Gasteiger partial charge >= 0.3 is 0 Å². The van der Waals surface area contributed by atoms with Gasteiger partial charge in [0.05, 0.1) is 0 Å². The number of rotatable bonds is 7. The molecule has 1 aromatic rings. The highest BCUT2D eigenvalue weighted by Crippen LogP contribution is 2.38. The molecule has 0 spiro atoms. The molecule has 0 heterocycles. The Morgan fingerprint density at radius 2 is 1.53 bits per heavy atom. The van der Waals surface area contributed by atoms with Crippen molar-refractivity contribution in [2.45, 2.75) is 40.5 Å². The Morgan fingerprint density at radius 3 is 2.03 bits per heavy atom. The summed E-state index contributed by atoms with van der Waals surface area (Å²) in [5.41, 5.74) is 9.17. The number of hydrogen-bond acceptors (Lipinski definition) is 0. The average Bonchev–Trinajstić information content (AvgIpc) is 2.74. The van der Waals surface area contributed by atoms with Crippen molar-refractivity contribution in [1.29, 1.82) is 0 Å². The van der Waals surface area contributed by atoms with Crippen LogP contribution in [0.25, 0.3) is 5.57 Å². The third kappa shape index (κ3) is 7.04. The molecule has 0 radical (unpaired) electrons. The van der Waals surface area contributed by atoms with Crippen molar-refractivity contribution in [3.8, 4) is 0 Å². The fourth-order valence-electron chi connectivity index (χ4n) is 3.35. The zero-order valence-electron chi connectivity index (χ0n) is 19.2. The van der Waals surface area contributed by atoms with E-state index in [2.05, 4.69) is 94.8 Å². The Hall–Kier alpha value is -3.12. The average molecular weight is 397 g/mol. The summed E-state index contributed by atoms with van der Waals surface area (Å²) in [6.45, 7) is 24.0. The van der Waals surface area contributed by atoms with Gasteiger partial charge in [-0.3, -0.25) is 0 Å². The van der Waals surface area contributed by atoms with Crippen molar-refractivity contribution in [1.82, 2.24) is 0 Å². The first-order chi connectivity index (χ1) is 14.4. The molecule has 1 aliphatic carbocycles. The van der Waals surface area contributed by atoms with Crippen LogP contribution in [0.2, 0.25) is 0 Å². The van der Waals surface area contributed by atoms with Crippen LogP contribution in [0.4, 0.5) is 0 Å². The fourth-order valence-corrected chi connectivity index (χ4v) is 3.35. The van der Waals surface area contributed by atoms with Crippen LogP contribution >= 0.6 is 0 Å². The molecule has 0 aromatic heterocycles. The van der Waals surface area contributed by atoms with Crippen LogP contribution in [-0.2, 0) is 0 Å². The predicted octanol–water partition coefficient (Wildman–Crippen LogP) is 9.12. The molecular weight excluding hydrogens is 360 g/mol. The molecule has 0 aliphatic heterocycles. The molecule has 0 bridgehead atoms. The minimum atomic E-state index is 0.960. The van der Waals surface area contributed by atoms with Gasteiger partial charge in [-0.05, 0) is 85.1 Å². The zero-order valence-corrected chi connectivity index (χ0v) is 19.2. The molecule has 0 atom stereocenters. The third-order valence-corrected chi connectivity index (χ3v) is 4.77. The summed E-state index contributed by atoms with van der Waals surface area (Å²) >= 11 is 0. The first kappa shape index (κ1) is 24.9. The molecule has 0 N–H and O–H groups in total. The van der Waals surface area contributed by atoms with Gasteiger partial charge in [0.1, 0.15) is 0 Å². The molecule has 1 aromatic carbocycles. The lowest BCUT2D eigenvalue weighted by Gasteiger charge is -2.22. The Kier molecular flexibility index (Phi) is 10.9. The van der Waals surface area contributed by atoms with Crippen LogP contribution < -0.4 is 0 Å². The lowest BCUT2D eigenvalue weighted by atomic mass is 9.82. The second-order valence-electron chi connectivity index (χ2n) is 7.24. The number of benzene rings is 1. The van der Waals surface area contributed by atoms with E-state index in [-0.39, 0.29) is 0 Å². The van der Waals surface area contributed by atoms with Crippen LogP contribution in [0, 0.1) is 0 Å². The Morgan fingerprint density at radius 1 is 0.933 bits per heavy atom. The van der Waals surface area contributed by atoms with E-state index < -0.39 is 0 Å².